The first-order valence-corrected chi connectivity index (χ1v) is 7.03. The summed E-state index contributed by atoms with van der Waals surface area (Å²) in [6, 6.07) is 0. The lowest BCUT2D eigenvalue weighted by Gasteiger charge is -2.39. The number of Topliss-reactive ketones (excluding diaryl/α,β-unsaturated/α-hetero) is 1. The molecule has 2 aliphatic rings. The normalized spacial score (nSPS) is 26.6. The molecule has 2 fully saturated rings. The summed E-state index contributed by atoms with van der Waals surface area (Å²) in [4.78, 5) is 12.7. The Bertz CT molecular complexity index is 237. The van der Waals surface area contributed by atoms with Gasteiger partial charge in [0.15, 0.2) is 0 Å². The molecule has 2 nitrogen and oxygen atoms in total. The second kappa shape index (κ2) is 5.31. The SMILES string of the molecule is CCC1(C(=O)C2CCCCC2)CCNCC1. The summed E-state index contributed by atoms with van der Waals surface area (Å²) < 4.78 is 0. The van der Waals surface area contributed by atoms with Crippen LogP contribution in [0.15, 0.2) is 0 Å². The van der Waals surface area contributed by atoms with Gasteiger partial charge in [-0.1, -0.05) is 26.2 Å². The maximum absolute atomic E-state index is 12.7. The van der Waals surface area contributed by atoms with E-state index in [-0.39, 0.29) is 5.41 Å². The van der Waals surface area contributed by atoms with E-state index >= 15 is 0 Å². The topological polar surface area (TPSA) is 29.1 Å². The van der Waals surface area contributed by atoms with Crippen LogP contribution in [-0.4, -0.2) is 18.9 Å². The van der Waals surface area contributed by atoms with Crippen molar-refractivity contribution in [1.82, 2.24) is 5.32 Å². The Balaban J connectivity index is 2.04. The molecular weight excluding hydrogens is 198 g/mol. The number of hydrogen-bond acceptors (Lipinski definition) is 2. The standard InChI is InChI=1S/C14H25NO/c1-2-14(8-10-15-11-9-14)13(16)12-6-4-3-5-7-12/h12,15H,2-11H2,1H3. The first-order chi connectivity index (χ1) is 7.78. The van der Waals surface area contributed by atoms with Crippen molar-refractivity contribution in [2.24, 2.45) is 11.3 Å². The molecule has 0 radical (unpaired) electrons. The Morgan fingerprint density at radius 2 is 1.81 bits per heavy atom. The molecule has 2 rings (SSSR count). The number of hydrogen-bond donors (Lipinski definition) is 1. The van der Waals surface area contributed by atoms with Crippen LogP contribution in [0.25, 0.3) is 0 Å². The van der Waals surface area contributed by atoms with Gasteiger partial charge in [0.05, 0.1) is 0 Å². The van der Waals surface area contributed by atoms with Crippen molar-refractivity contribution in [2.45, 2.75) is 58.3 Å². The van der Waals surface area contributed by atoms with Crippen molar-refractivity contribution in [1.29, 1.82) is 0 Å². The molecule has 92 valence electrons. The smallest absolute Gasteiger partial charge is 0.142 e. The lowest BCUT2D eigenvalue weighted by molar-refractivity contribution is -0.135. The highest BCUT2D eigenvalue weighted by atomic mass is 16.1. The zero-order valence-corrected chi connectivity index (χ0v) is 10.6. The van der Waals surface area contributed by atoms with Gasteiger partial charge in [0, 0.05) is 11.3 Å². The number of ketones is 1. The number of rotatable bonds is 3. The van der Waals surface area contributed by atoms with Gasteiger partial charge in [0.1, 0.15) is 5.78 Å². The van der Waals surface area contributed by atoms with Gasteiger partial charge in [0.25, 0.3) is 0 Å². The van der Waals surface area contributed by atoms with Crippen LogP contribution in [0.1, 0.15) is 58.3 Å². The highest BCUT2D eigenvalue weighted by Gasteiger charge is 2.40. The minimum absolute atomic E-state index is 0.0350. The molecule has 1 aliphatic heterocycles. The molecule has 1 saturated carbocycles. The predicted molar refractivity (Wildman–Crippen MR) is 66.4 cm³/mol. The molecule has 0 aromatic rings. The zero-order chi connectivity index (χ0) is 11.4. The van der Waals surface area contributed by atoms with Crippen LogP contribution in [0.3, 0.4) is 0 Å². The van der Waals surface area contributed by atoms with E-state index in [1.807, 2.05) is 0 Å². The number of carbonyl (C=O) groups is 1. The summed E-state index contributed by atoms with van der Waals surface area (Å²) in [5, 5.41) is 3.38. The first kappa shape index (κ1) is 12.1. The van der Waals surface area contributed by atoms with Gasteiger partial charge in [0.2, 0.25) is 0 Å². The van der Waals surface area contributed by atoms with E-state index in [2.05, 4.69) is 12.2 Å². The fourth-order valence-corrected chi connectivity index (χ4v) is 3.48. The van der Waals surface area contributed by atoms with Crippen LogP contribution >= 0.6 is 0 Å². The third-order valence-electron chi connectivity index (χ3n) is 4.74. The summed E-state index contributed by atoms with van der Waals surface area (Å²) in [5.74, 6) is 1.00. The average Bonchev–Trinajstić information content (AvgIpc) is 2.39. The average molecular weight is 223 g/mol. The molecular formula is C14H25NO. The number of nitrogens with one attached hydrogen (secondary N) is 1. The van der Waals surface area contributed by atoms with Gasteiger partial charge in [-0.15, -0.1) is 0 Å². The Labute approximate surface area is 99.2 Å². The van der Waals surface area contributed by atoms with Gasteiger partial charge in [-0.05, 0) is 45.2 Å². The van der Waals surface area contributed by atoms with Crippen LogP contribution in [0, 0.1) is 11.3 Å². The molecule has 1 saturated heterocycles. The minimum Gasteiger partial charge on any atom is -0.317 e. The molecule has 1 heterocycles. The van der Waals surface area contributed by atoms with Crippen LogP contribution in [-0.2, 0) is 4.79 Å². The van der Waals surface area contributed by atoms with E-state index in [9.17, 15) is 4.79 Å². The molecule has 1 N–H and O–H groups in total. The first-order valence-electron chi connectivity index (χ1n) is 7.03. The molecule has 0 aromatic carbocycles. The van der Waals surface area contributed by atoms with Crippen LogP contribution in [0.5, 0.6) is 0 Å². The summed E-state index contributed by atoms with van der Waals surface area (Å²) in [6.45, 7) is 4.27. The molecule has 2 heteroatoms. The largest absolute Gasteiger partial charge is 0.317 e. The molecule has 0 aromatic heterocycles. The monoisotopic (exact) mass is 223 g/mol. The minimum atomic E-state index is 0.0350. The third-order valence-corrected chi connectivity index (χ3v) is 4.74. The van der Waals surface area contributed by atoms with Crippen molar-refractivity contribution in [3.05, 3.63) is 0 Å². The van der Waals surface area contributed by atoms with Crippen molar-refractivity contribution in [3.63, 3.8) is 0 Å². The van der Waals surface area contributed by atoms with E-state index < -0.39 is 0 Å². The van der Waals surface area contributed by atoms with Gasteiger partial charge >= 0.3 is 0 Å². The van der Waals surface area contributed by atoms with Crippen molar-refractivity contribution in [2.75, 3.05) is 13.1 Å². The molecule has 0 amide bonds. The van der Waals surface area contributed by atoms with Crippen molar-refractivity contribution < 1.29 is 4.79 Å². The fraction of sp³-hybridized carbons (Fsp3) is 0.929. The van der Waals surface area contributed by atoms with E-state index in [1.54, 1.807) is 0 Å². The summed E-state index contributed by atoms with van der Waals surface area (Å²) in [7, 11) is 0. The maximum atomic E-state index is 12.7. The molecule has 16 heavy (non-hydrogen) atoms. The summed E-state index contributed by atoms with van der Waals surface area (Å²) in [5.41, 5.74) is 0.0350. The second-order valence-corrected chi connectivity index (χ2v) is 5.58. The van der Waals surface area contributed by atoms with Crippen molar-refractivity contribution in [3.8, 4) is 0 Å². The predicted octanol–water partition coefficient (Wildman–Crippen LogP) is 2.92. The Kier molecular flexibility index (Phi) is 4.01. The zero-order valence-electron chi connectivity index (χ0n) is 10.6. The second-order valence-electron chi connectivity index (χ2n) is 5.58. The van der Waals surface area contributed by atoms with E-state index in [0.29, 0.717) is 11.7 Å². The van der Waals surface area contributed by atoms with E-state index in [4.69, 9.17) is 0 Å². The number of carbonyl (C=O) groups excluding carboxylic acids is 1. The molecule has 0 unspecified atom stereocenters. The molecule has 0 spiro atoms. The highest BCUT2D eigenvalue weighted by molar-refractivity contribution is 5.87. The van der Waals surface area contributed by atoms with Crippen molar-refractivity contribution >= 4 is 5.78 Å². The molecule has 0 atom stereocenters. The molecule has 0 bridgehead atoms. The third kappa shape index (κ3) is 2.32. The van der Waals surface area contributed by atoms with Gasteiger partial charge < -0.3 is 5.32 Å². The van der Waals surface area contributed by atoms with Gasteiger partial charge in [-0.2, -0.15) is 0 Å². The van der Waals surface area contributed by atoms with Gasteiger partial charge in [-0.25, -0.2) is 0 Å². The number of piperidine rings is 1. The summed E-state index contributed by atoms with van der Waals surface area (Å²) >= 11 is 0. The Morgan fingerprint density at radius 1 is 1.19 bits per heavy atom. The van der Waals surface area contributed by atoms with Crippen LogP contribution < -0.4 is 5.32 Å². The maximum Gasteiger partial charge on any atom is 0.142 e. The van der Waals surface area contributed by atoms with Gasteiger partial charge in [-0.3, -0.25) is 4.79 Å². The van der Waals surface area contributed by atoms with Crippen LogP contribution in [0.4, 0.5) is 0 Å². The fourth-order valence-electron chi connectivity index (χ4n) is 3.48. The lowest BCUT2D eigenvalue weighted by atomic mass is 9.67. The Morgan fingerprint density at radius 3 is 2.38 bits per heavy atom. The highest BCUT2D eigenvalue weighted by Crippen LogP contribution is 2.39. The Hall–Kier alpha value is -0.370. The van der Waals surface area contributed by atoms with E-state index in [0.717, 1.165) is 45.2 Å². The van der Waals surface area contributed by atoms with E-state index in [1.165, 1.54) is 19.3 Å². The summed E-state index contributed by atoms with van der Waals surface area (Å²) in [6.07, 6.45) is 9.39. The molecule has 1 aliphatic carbocycles. The quantitative estimate of drug-likeness (QED) is 0.797. The van der Waals surface area contributed by atoms with Crippen LogP contribution in [0.2, 0.25) is 0 Å². The lowest BCUT2D eigenvalue weighted by Crippen LogP contribution is -2.44.